The van der Waals surface area contributed by atoms with Crippen LogP contribution in [0.2, 0.25) is 0 Å². The van der Waals surface area contributed by atoms with Gasteiger partial charge in [-0.3, -0.25) is 14.5 Å². The largest absolute Gasteiger partial charge is 0.378 e. The molecular formula is C18H26N4O5S2. The van der Waals surface area contributed by atoms with E-state index in [-0.39, 0.29) is 34.1 Å². The Balaban J connectivity index is 1.36. The van der Waals surface area contributed by atoms with E-state index in [2.05, 4.69) is 14.9 Å². The quantitative estimate of drug-likeness (QED) is 0.621. The van der Waals surface area contributed by atoms with E-state index in [9.17, 15) is 18.0 Å². The summed E-state index contributed by atoms with van der Waals surface area (Å²) in [7, 11) is -3.58. The number of nitrogens with zero attached hydrogens (tertiary/aromatic N) is 2. The van der Waals surface area contributed by atoms with E-state index in [1.165, 1.54) is 11.3 Å². The van der Waals surface area contributed by atoms with Gasteiger partial charge in [0.1, 0.15) is 4.21 Å². The Bertz CT molecular complexity index is 838. The molecule has 0 radical (unpaired) electrons. The van der Waals surface area contributed by atoms with Crippen molar-refractivity contribution >= 4 is 33.2 Å². The molecule has 0 bridgehead atoms. The van der Waals surface area contributed by atoms with Gasteiger partial charge in [-0.2, -0.15) is 0 Å². The highest BCUT2D eigenvalue weighted by atomic mass is 32.2. The fraction of sp³-hybridized carbons (Fsp3) is 0.667. The minimum absolute atomic E-state index is 0.0268. The standard InChI is InChI=1S/C18H26N4O5S2/c23-16(21-5-7-27-8-6-21)4-3-14-11-19-18(24)15-10-13(12-22(14)15)20-29(25,26)17-2-1-9-28-17/h1-2,9,13-15,20H,3-8,10-12H2,(H,19,24)/t13-,14+,15-/m0/s1. The number of thiophene rings is 1. The van der Waals surface area contributed by atoms with Crippen molar-refractivity contribution in [1.82, 2.24) is 19.8 Å². The van der Waals surface area contributed by atoms with Gasteiger partial charge in [0.2, 0.25) is 21.8 Å². The predicted octanol–water partition coefficient (Wildman–Crippen LogP) is -0.393. The topological polar surface area (TPSA) is 108 Å². The zero-order valence-electron chi connectivity index (χ0n) is 16.1. The molecular weight excluding hydrogens is 416 g/mol. The smallest absolute Gasteiger partial charge is 0.250 e. The van der Waals surface area contributed by atoms with Crippen molar-refractivity contribution in [1.29, 1.82) is 0 Å². The van der Waals surface area contributed by atoms with Gasteiger partial charge in [0.25, 0.3) is 0 Å². The van der Waals surface area contributed by atoms with Crippen molar-refractivity contribution in [3.05, 3.63) is 17.5 Å². The highest BCUT2D eigenvalue weighted by molar-refractivity contribution is 7.91. The second-order valence-electron chi connectivity index (χ2n) is 7.63. The molecule has 2 amide bonds. The maximum Gasteiger partial charge on any atom is 0.250 e. The second kappa shape index (κ2) is 8.68. The van der Waals surface area contributed by atoms with Crippen LogP contribution >= 0.6 is 11.3 Å². The van der Waals surface area contributed by atoms with Crippen LogP contribution in [0.5, 0.6) is 0 Å². The third kappa shape index (κ3) is 4.64. The highest BCUT2D eigenvalue weighted by Gasteiger charge is 2.44. The Kier molecular flexibility index (Phi) is 6.21. The van der Waals surface area contributed by atoms with Crippen molar-refractivity contribution in [2.75, 3.05) is 39.4 Å². The number of hydrogen-bond donors (Lipinski definition) is 2. The number of nitrogens with one attached hydrogen (secondary N) is 2. The monoisotopic (exact) mass is 442 g/mol. The van der Waals surface area contributed by atoms with Crippen molar-refractivity contribution in [2.24, 2.45) is 0 Å². The lowest BCUT2D eigenvalue weighted by molar-refractivity contribution is -0.136. The lowest BCUT2D eigenvalue weighted by atomic mass is 10.0. The number of amides is 2. The Morgan fingerprint density at radius 1 is 1.34 bits per heavy atom. The average molecular weight is 443 g/mol. The maximum absolute atomic E-state index is 12.5. The van der Waals surface area contributed by atoms with Gasteiger partial charge in [0, 0.05) is 44.7 Å². The summed E-state index contributed by atoms with van der Waals surface area (Å²) in [5.41, 5.74) is 0. The van der Waals surface area contributed by atoms with Crippen LogP contribution in [0.15, 0.2) is 21.7 Å². The molecule has 4 rings (SSSR count). The molecule has 3 atom stereocenters. The number of ether oxygens (including phenoxy) is 1. The molecule has 160 valence electrons. The van der Waals surface area contributed by atoms with Gasteiger partial charge >= 0.3 is 0 Å². The van der Waals surface area contributed by atoms with Gasteiger partial charge in [-0.15, -0.1) is 11.3 Å². The fourth-order valence-corrected chi connectivity index (χ4v) is 6.53. The summed E-state index contributed by atoms with van der Waals surface area (Å²) in [5, 5.41) is 4.64. The third-order valence-corrected chi connectivity index (χ3v) is 8.68. The van der Waals surface area contributed by atoms with Gasteiger partial charge < -0.3 is 15.0 Å². The Labute approximate surface area is 174 Å². The number of carbonyl (C=O) groups is 2. The lowest BCUT2D eigenvalue weighted by Crippen LogP contribution is -2.58. The van der Waals surface area contributed by atoms with Gasteiger partial charge in [0.05, 0.1) is 19.3 Å². The van der Waals surface area contributed by atoms with Crippen LogP contribution in [0.4, 0.5) is 0 Å². The van der Waals surface area contributed by atoms with Gasteiger partial charge in [0.15, 0.2) is 0 Å². The van der Waals surface area contributed by atoms with E-state index >= 15 is 0 Å². The summed E-state index contributed by atoms with van der Waals surface area (Å²) in [6.07, 6.45) is 1.48. The van der Waals surface area contributed by atoms with Gasteiger partial charge in [-0.05, 0) is 24.3 Å². The zero-order valence-corrected chi connectivity index (χ0v) is 17.7. The molecule has 9 nitrogen and oxygen atoms in total. The van der Waals surface area contributed by atoms with Crippen LogP contribution in [-0.4, -0.2) is 87.6 Å². The van der Waals surface area contributed by atoms with Crippen LogP contribution in [0.1, 0.15) is 19.3 Å². The molecule has 0 unspecified atom stereocenters. The van der Waals surface area contributed by atoms with Crippen molar-refractivity contribution in [2.45, 2.75) is 41.6 Å². The van der Waals surface area contributed by atoms with Crippen LogP contribution in [0, 0.1) is 0 Å². The number of carbonyl (C=O) groups excluding carboxylic acids is 2. The third-order valence-electron chi connectivity index (χ3n) is 5.76. The molecule has 2 N–H and O–H groups in total. The number of fused-ring (bicyclic) bond motifs is 1. The molecule has 3 fully saturated rings. The molecule has 0 aliphatic carbocycles. The second-order valence-corrected chi connectivity index (χ2v) is 10.5. The van der Waals surface area contributed by atoms with Crippen molar-refractivity contribution < 1.29 is 22.7 Å². The molecule has 1 aromatic heterocycles. The van der Waals surface area contributed by atoms with Gasteiger partial charge in [-0.25, -0.2) is 13.1 Å². The number of sulfonamides is 1. The first-order chi connectivity index (χ1) is 13.9. The summed E-state index contributed by atoms with van der Waals surface area (Å²) >= 11 is 1.17. The van der Waals surface area contributed by atoms with Crippen LogP contribution in [0.3, 0.4) is 0 Å². The van der Waals surface area contributed by atoms with E-state index in [4.69, 9.17) is 4.74 Å². The molecule has 0 aromatic carbocycles. The van der Waals surface area contributed by atoms with Crippen LogP contribution in [0.25, 0.3) is 0 Å². The average Bonchev–Trinajstić information content (AvgIpc) is 3.38. The van der Waals surface area contributed by atoms with Crippen molar-refractivity contribution in [3.8, 4) is 0 Å². The molecule has 3 aliphatic heterocycles. The molecule has 3 saturated heterocycles. The Morgan fingerprint density at radius 2 is 2.14 bits per heavy atom. The number of piperazine rings is 1. The Hall–Kier alpha value is -1.53. The summed E-state index contributed by atoms with van der Waals surface area (Å²) in [6.45, 7) is 3.35. The SMILES string of the molecule is O=C1NC[C@@H](CCC(=O)N2CCOCC2)N2C[C@@H](NS(=O)(=O)c3cccs3)C[C@@H]12. The normalized spacial score (nSPS) is 28.2. The first-order valence-electron chi connectivity index (χ1n) is 9.89. The maximum atomic E-state index is 12.5. The molecule has 0 spiro atoms. The molecule has 1 aromatic rings. The summed E-state index contributed by atoms with van der Waals surface area (Å²) in [6, 6.07) is 2.62. The lowest BCUT2D eigenvalue weighted by Gasteiger charge is -2.37. The number of hydrogen-bond acceptors (Lipinski definition) is 7. The van der Waals surface area contributed by atoms with Gasteiger partial charge in [-0.1, -0.05) is 6.07 Å². The van der Waals surface area contributed by atoms with E-state index in [1.54, 1.807) is 17.5 Å². The van der Waals surface area contributed by atoms with Crippen LogP contribution in [-0.2, 0) is 24.3 Å². The summed E-state index contributed by atoms with van der Waals surface area (Å²) in [5.74, 6) is 0.0365. The molecule has 4 heterocycles. The summed E-state index contributed by atoms with van der Waals surface area (Å²) in [4.78, 5) is 28.7. The minimum atomic E-state index is -3.58. The minimum Gasteiger partial charge on any atom is -0.378 e. The van der Waals surface area contributed by atoms with Crippen LogP contribution < -0.4 is 10.0 Å². The van der Waals surface area contributed by atoms with Crippen molar-refractivity contribution in [3.63, 3.8) is 0 Å². The fourth-order valence-electron chi connectivity index (χ4n) is 4.28. The highest BCUT2D eigenvalue weighted by Crippen LogP contribution is 2.27. The molecule has 0 saturated carbocycles. The van der Waals surface area contributed by atoms with E-state index in [1.807, 2.05) is 4.90 Å². The predicted molar refractivity (Wildman–Crippen MR) is 107 cm³/mol. The molecule has 3 aliphatic rings. The first kappa shape index (κ1) is 20.7. The number of morpholine rings is 1. The number of rotatable bonds is 6. The molecule has 11 heteroatoms. The summed E-state index contributed by atoms with van der Waals surface area (Å²) < 4.78 is 33.4. The van der Waals surface area contributed by atoms with E-state index < -0.39 is 10.0 Å². The molecule has 29 heavy (non-hydrogen) atoms. The van der Waals surface area contributed by atoms with E-state index in [0.29, 0.717) is 58.7 Å². The van der Waals surface area contributed by atoms with E-state index in [0.717, 1.165) is 0 Å². The first-order valence-corrected chi connectivity index (χ1v) is 12.2. The zero-order chi connectivity index (χ0) is 20.4. The Morgan fingerprint density at radius 3 is 2.86 bits per heavy atom.